The molecule has 0 bridgehead atoms. The van der Waals surface area contributed by atoms with Crippen molar-refractivity contribution >= 4 is 22.7 Å². The van der Waals surface area contributed by atoms with Gasteiger partial charge in [0.2, 0.25) is 0 Å². The Balaban J connectivity index is 1.63. The van der Waals surface area contributed by atoms with Gasteiger partial charge in [0.05, 0.1) is 5.03 Å². The van der Waals surface area contributed by atoms with Crippen LogP contribution in [0.3, 0.4) is 0 Å². The van der Waals surface area contributed by atoms with Crippen molar-refractivity contribution in [2.45, 2.75) is 31.7 Å². The Hall–Kier alpha value is -0.930. The van der Waals surface area contributed by atoms with Crippen molar-refractivity contribution in [3.63, 3.8) is 0 Å². The summed E-state index contributed by atoms with van der Waals surface area (Å²) in [5.74, 6) is 1.94. The topological polar surface area (TPSA) is 27.8 Å². The lowest BCUT2D eigenvalue weighted by molar-refractivity contribution is 0.541. The van der Waals surface area contributed by atoms with Crippen LogP contribution in [0.5, 0.6) is 0 Å². The summed E-state index contributed by atoms with van der Waals surface area (Å²) in [6, 6.07) is 10.7. The first kappa shape index (κ1) is 14.5. The lowest BCUT2D eigenvalue weighted by atomic mass is 10.2. The molecular weight excluding hydrogens is 252 g/mol. The molecule has 0 aliphatic heterocycles. The first-order valence-corrected chi connectivity index (χ1v) is 8.15. The number of fused-ring (bicyclic) bond motifs is 1. The summed E-state index contributed by atoms with van der Waals surface area (Å²) in [7, 11) is 0. The number of rotatable bonds is 8. The molecule has 0 saturated carbocycles. The molecule has 0 unspecified atom stereocenters. The second-order valence-corrected chi connectivity index (χ2v) is 6.51. The minimum atomic E-state index is 0.751. The highest BCUT2D eigenvalue weighted by molar-refractivity contribution is 7.99. The largest absolute Gasteiger partial charge is 0.350 e. The summed E-state index contributed by atoms with van der Waals surface area (Å²) in [6.07, 6.45) is 2.53. The average molecular weight is 276 g/mol. The Morgan fingerprint density at radius 2 is 2.05 bits per heavy atom. The molecule has 3 heteroatoms. The van der Waals surface area contributed by atoms with E-state index in [-0.39, 0.29) is 0 Å². The number of hydrogen-bond donors (Lipinski definition) is 2. The van der Waals surface area contributed by atoms with Crippen LogP contribution in [0.4, 0.5) is 0 Å². The van der Waals surface area contributed by atoms with Crippen LogP contribution in [0.1, 0.15) is 26.7 Å². The van der Waals surface area contributed by atoms with E-state index in [4.69, 9.17) is 0 Å². The molecule has 2 nitrogen and oxygen atoms in total. The van der Waals surface area contributed by atoms with Crippen LogP contribution in [-0.2, 0) is 0 Å². The zero-order valence-corrected chi connectivity index (χ0v) is 12.7. The first-order chi connectivity index (χ1) is 9.25. The number of unbranched alkanes of at least 4 members (excludes halogenated alkanes) is 1. The molecule has 1 heterocycles. The van der Waals surface area contributed by atoms with Crippen molar-refractivity contribution in [2.75, 3.05) is 18.8 Å². The van der Waals surface area contributed by atoms with E-state index >= 15 is 0 Å². The third-order valence-corrected chi connectivity index (χ3v) is 4.09. The van der Waals surface area contributed by atoms with Crippen LogP contribution < -0.4 is 5.32 Å². The number of hydrogen-bond acceptors (Lipinski definition) is 2. The smallest absolute Gasteiger partial charge is 0.0732 e. The highest BCUT2D eigenvalue weighted by Gasteiger charge is 2.00. The van der Waals surface area contributed by atoms with Gasteiger partial charge in [-0.25, -0.2) is 0 Å². The molecule has 0 spiro atoms. The molecule has 0 saturated heterocycles. The summed E-state index contributed by atoms with van der Waals surface area (Å²) in [6.45, 7) is 6.78. The number of H-pyrrole nitrogens is 1. The molecule has 2 aromatic rings. The average Bonchev–Trinajstić information content (AvgIpc) is 2.79. The van der Waals surface area contributed by atoms with Crippen LogP contribution in [0.2, 0.25) is 0 Å². The number of thioether (sulfide) groups is 1. The monoisotopic (exact) mass is 276 g/mol. The summed E-state index contributed by atoms with van der Waals surface area (Å²) < 4.78 is 0. The van der Waals surface area contributed by atoms with Crippen LogP contribution in [-0.4, -0.2) is 23.8 Å². The minimum Gasteiger partial charge on any atom is -0.350 e. The summed E-state index contributed by atoms with van der Waals surface area (Å²) >= 11 is 1.93. The Morgan fingerprint density at radius 3 is 2.84 bits per heavy atom. The maximum atomic E-state index is 3.49. The van der Waals surface area contributed by atoms with E-state index in [1.54, 1.807) is 0 Å². The summed E-state index contributed by atoms with van der Waals surface area (Å²) in [5, 5.41) is 6.09. The molecular formula is C16H24N2S. The normalized spacial score (nSPS) is 11.5. The van der Waals surface area contributed by atoms with Gasteiger partial charge in [0.25, 0.3) is 0 Å². The van der Waals surface area contributed by atoms with Crippen molar-refractivity contribution in [1.29, 1.82) is 0 Å². The minimum absolute atomic E-state index is 0.751. The van der Waals surface area contributed by atoms with E-state index < -0.39 is 0 Å². The van der Waals surface area contributed by atoms with Gasteiger partial charge in [0.1, 0.15) is 0 Å². The number of para-hydroxylation sites is 1. The van der Waals surface area contributed by atoms with Gasteiger partial charge in [-0.15, -0.1) is 11.8 Å². The molecule has 0 fully saturated rings. The standard InChI is InChI=1S/C16H24N2S/c1-13(2)12-17-9-5-6-10-19-16-11-14-7-3-4-8-15(14)18-16/h3-4,7-8,11,13,17-18H,5-6,9-10,12H2,1-2H3. The zero-order valence-electron chi connectivity index (χ0n) is 11.9. The fourth-order valence-corrected chi connectivity index (χ4v) is 3.01. The van der Waals surface area contributed by atoms with Gasteiger partial charge in [0.15, 0.2) is 0 Å². The van der Waals surface area contributed by atoms with E-state index in [9.17, 15) is 0 Å². The van der Waals surface area contributed by atoms with Gasteiger partial charge in [-0.05, 0) is 49.7 Å². The lowest BCUT2D eigenvalue weighted by Gasteiger charge is -2.06. The summed E-state index contributed by atoms with van der Waals surface area (Å²) in [5.41, 5.74) is 1.24. The highest BCUT2D eigenvalue weighted by atomic mass is 32.2. The molecule has 2 N–H and O–H groups in total. The van der Waals surface area contributed by atoms with Crippen molar-refractivity contribution in [2.24, 2.45) is 5.92 Å². The number of aromatic amines is 1. The number of benzene rings is 1. The molecule has 1 aromatic carbocycles. The van der Waals surface area contributed by atoms with Crippen molar-refractivity contribution in [3.05, 3.63) is 30.3 Å². The molecule has 0 radical (unpaired) electrons. The molecule has 104 valence electrons. The molecule has 0 aliphatic rings. The predicted molar refractivity (Wildman–Crippen MR) is 86.0 cm³/mol. The zero-order chi connectivity index (χ0) is 13.5. The van der Waals surface area contributed by atoms with E-state index in [1.165, 1.54) is 34.5 Å². The molecule has 0 aliphatic carbocycles. The SMILES string of the molecule is CC(C)CNCCCCSc1cc2ccccc2[nH]1. The molecule has 19 heavy (non-hydrogen) atoms. The fourth-order valence-electron chi connectivity index (χ4n) is 2.05. The Kier molecular flexibility index (Phi) is 5.80. The molecule has 1 aromatic heterocycles. The van der Waals surface area contributed by atoms with Gasteiger partial charge in [-0.2, -0.15) is 0 Å². The summed E-state index contributed by atoms with van der Waals surface area (Å²) in [4.78, 5) is 3.46. The predicted octanol–water partition coefficient (Wildman–Crippen LogP) is 4.29. The first-order valence-electron chi connectivity index (χ1n) is 7.17. The van der Waals surface area contributed by atoms with Gasteiger partial charge < -0.3 is 10.3 Å². The van der Waals surface area contributed by atoms with E-state index in [1.807, 2.05) is 11.8 Å². The van der Waals surface area contributed by atoms with E-state index in [2.05, 4.69) is 54.5 Å². The highest BCUT2D eigenvalue weighted by Crippen LogP contribution is 2.23. The quantitative estimate of drug-likeness (QED) is 0.556. The molecule has 0 amide bonds. The fraction of sp³-hybridized carbons (Fsp3) is 0.500. The van der Waals surface area contributed by atoms with Gasteiger partial charge in [-0.3, -0.25) is 0 Å². The van der Waals surface area contributed by atoms with Crippen molar-refractivity contribution < 1.29 is 0 Å². The Bertz CT molecular complexity index is 457. The second-order valence-electron chi connectivity index (χ2n) is 5.37. The number of aromatic nitrogens is 1. The Morgan fingerprint density at radius 1 is 1.21 bits per heavy atom. The van der Waals surface area contributed by atoms with Gasteiger partial charge in [0, 0.05) is 10.9 Å². The molecule has 0 atom stereocenters. The Labute approximate surface area is 120 Å². The lowest BCUT2D eigenvalue weighted by Crippen LogP contribution is -2.20. The van der Waals surface area contributed by atoms with Gasteiger partial charge >= 0.3 is 0 Å². The molecule has 2 rings (SSSR count). The van der Waals surface area contributed by atoms with Crippen LogP contribution in [0.15, 0.2) is 35.4 Å². The van der Waals surface area contributed by atoms with Crippen LogP contribution in [0, 0.1) is 5.92 Å². The second kappa shape index (κ2) is 7.61. The maximum Gasteiger partial charge on any atom is 0.0732 e. The third-order valence-electron chi connectivity index (χ3n) is 3.06. The van der Waals surface area contributed by atoms with Crippen molar-refractivity contribution in [1.82, 2.24) is 10.3 Å². The van der Waals surface area contributed by atoms with Gasteiger partial charge in [-0.1, -0.05) is 32.0 Å². The van der Waals surface area contributed by atoms with Crippen LogP contribution in [0.25, 0.3) is 10.9 Å². The van der Waals surface area contributed by atoms with E-state index in [0.29, 0.717) is 0 Å². The number of nitrogens with one attached hydrogen (secondary N) is 2. The maximum absolute atomic E-state index is 3.49. The third kappa shape index (κ3) is 4.92. The van der Waals surface area contributed by atoms with Crippen molar-refractivity contribution in [3.8, 4) is 0 Å². The van der Waals surface area contributed by atoms with Crippen LogP contribution >= 0.6 is 11.8 Å². The van der Waals surface area contributed by atoms with E-state index in [0.717, 1.165) is 19.0 Å².